The van der Waals surface area contributed by atoms with Crippen LogP contribution in [0.3, 0.4) is 0 Å². The average Bonchev–Trinajstić information content (AvgIpc) is 2.46. The summed E-state index contributed by atoms with van der Waals surface area (Å²) in [5.74, 6) is 0.207. The molecule has 112 valence electrons. The molecule has 0 aromatic carbocycles. The van der Waals surface area contributed by atoms with Gasteiger partial charge in [0.05, 0.1) is 5.56 Å². The number of hydrogen-bond donors (Lipinski definition) is 0. The molecule has 1 amide bonds. The number of carbonyl (C=O) groups is 1. The van der Waals surface area contributed by atoms with Crippen LogP contribution in [0.25, 0.3) is 0 Å². The molecule has 0 spiro atoms. The maximum absolute atomic E-state index is 12.1. The van der Waals surface area contributed by atoms with Gasteiger partial charge in [-0.15, -0.1) is 0 Å². The molecule has 5 nitrogen and oxygen atoms in total. The molecule has 0 N–H and O–H groups in total. The number of nitriles is 1. The highest BCUT2D eigenvalue weighted by Crippen LogP contribution is 2.26. The van der Waals surface area contributed by atoms with Crippen LogP contribution in [0.2, 0.25) is 0 Å². The molecule has 0 radical (unpaired) electrons. The molecule has 0 saturated carbocycles. The van der Waals surface area contributed by atoms with Gasteiger partial charge in [-0.25, -0.2) is 4.79 Å². The first kappa shape index (κ1) is 15.3. The van der Waals surface area contributed by atoms with Gasteiger partial charge >= 0.3 is 6.09 Å². The van der Waals surface area contributed by atoms with Gasteiger partial charge in [0.1, 0.15) is 11.7 Å². The normalized spacial score (nSPS) is 19.0. The molecule has 1 atom stereocenters. The molecule has 1 aromatic rings. The third kappa shape index (κ3) is 4.19. The summed E-state index contributed by atoms with van der Waals surface area (Å²) < 4.78 is 5.42. The average molecular weight is 287 g/mol. The first-order chi connectivity index (χ1) is 9.89. The van der Waals surface area contributed by atoms with Crippen molar-refractivity contribution in [1.29, 1.82) is 5.26 Å². The Labute approximate surface area is 125 Å². The highest BCUT2D eigenvalue weighted by atomic mass is 16.6. The lowest BCUT2D eigenvalue weighted by atomic mass is 9.94. The summed E-state index contributed by atoms with van der Waals surface area (Å²) in [6, 6.07) is 5.71. The van der Waals surface area contributed by atoms with Crippen molar-refractivity contribution >= 4 is 6.09 Å². The maximum atomic E-state index is 12.1. The molecular weight excluding hydrogens is 266 g/mol. The predicted octanol–water partition coefficient (Wildman–Crippen LogP) is 3.07. The Balaban J connectivity index is 2.03. The standard InChI is InChI=1S/C16H21N3O2/c1-16(2,3)21-15(20)19-8-4-5-13(11-19)14-7-6-12(9-17)10-18-14/h6-7,10,13H,4-5,8,11H2,1-3H3. The summed E-state index contributed by atoms with van der Waals surface area (Å²) >= 11 is 0. The Kier molecular flexibility index (Phi) is 4.46. The summed E-state index contributed by atoms with van der Waals surface area (Å²) in [6.07, 6.45) is 3.26. The Morgan fingerprint density at radius 2 is 2.24 bits per heavy atom. The van der Waals surface area contributed by atoms with Crippen molar-refractivity contribution < 1.29 is 9.53 Å². The third-order valence-electron chi connectivity index (χ3n) is 3.41. The fourth-order valence-corrected chi connectivity index (χ4v) is 2.42. The molecule has 21 heavy (non-hydrogen) atoms. The van der Waals surface area contributed by atoms with Gasteiger partial charge in [0, 0.05) is 30.9 Å². The molecule has 1 saturated heterocycles. The van der Waals surface area contributed by atoms with Crippen molar-refractivity contribution in [3.05, 3.63) is 29.6 Å². The third-order valence-corrected chi connectivity index (χ3v) is 3.41. The summed E-state index contributed by atoms with van der Waals surface area (Å²) in [5, 5.41) is 8.80. The molecule has 1 aromatic heterocycles. The highest BCUT2D eigenvalue weighted by molar-refractivity contribution is 5.68. The number of carbonyl (C=O) groups excluding carboxylic acids is 1. The van der Waals surface area contributed by atoms with E-state index in [2.05, 4.69) is 11.1 Å². The molecule has 1 fully saturated rings. The van der Waals surface area contributed by atoms with Crippen LogP contribution in [0.1, 0.15) is 50.8 Å². The van der Waals surface area contributed by atoms with E-state index in [0.29, 0.717) is 12.1 Å². The van der Waals surface area contributed by atoms with E-state index in [1.165, 1.54) is 0 Å². The highest BCUT2D eigenvalue weighted by Gasteiger charge is 2.28. The largest absolute Gasteiger partial charge is 0.444 e. The quantitative estimate of drug-likeness (QED) is 0.796. The van der Waals surface area contributed by atoms with E-state index >= 15 is 0 Å². The molecule has 2 heterocycles. The van der Waals surface area contributed by atoms with E-state index in [9.17, 15) is 4.79 Å². The number of amides is 1. The minimum atomic E-state index is -0.475. The number of likely N-dealkylation sites (tertiary alicyclic amines) is 1. The van der Waals surface area contributed by atoms with E-state index in [0.717, 1.165) is 25.1 Å². The van der Waals surface area contributed by atoms with E-state index in [1.807, 2.05) is 26.8 Å². The van der Waals surface area contributed by atoms with E-state index in [4.69, 9.17) is 10.00 Å². The first-order valence-electron chi connectivity index (χ1n) is 7.23. The zero-order valence-corrected chi connectivity index (χ0v) is 12.8. The summed E-state index contributed by atoms with van der Waals surface area (Å²) in [4.78, 5) is 18.2. The molecule has 5 heteroatoms. The van der Waals surface area contributed by atoms with Crippen LogP contribution in [0.4, 0.5) is 4.79 Å². The smallest absolute Gasteiger partial charge is 0.410 e. The number of aromatic nitrogens is 1. The van der Waals surface area contributed by atoms with Gasteiger partial charge in [-0.2, -0.15) is 5.26 Å². The topological polar surface area (TPSA) is 66.2 Å². The van der Waals surface area contributed by atoms with Crippen LogP contribution in [0, 0.1) is 11.3 Å². The van der Waals surface area contributed by atoms with Gasteiger partial charge in [-0.3, -0.25) is 4.98 Å². The minimum absolute atomic E-state index is 0.207. The maximum Gasteiger partial charge on any atom is 0.410 e. The van der Waals surface area contributed by atoms with Crippen molar-refractivity contribution in [3.8, 4) is 6.07 Å². The number of rotatable bonds is 1. The van der Waals surface area contributed by atoms with Gasteiger partial charge < -0.3 is 9.64 Å². The van der Waals surface area contributed by atoms with Crippen LogP contribution in [-0.4, -0.2) is 34.7 Å². The Morgan fingerprint density at radius 3 is 2.81 bits per heavy atom. The lowest BCUT2D eigenvalue weighted by Crippen LogP contribution is -2.42. The summed E-state index contributed by atoms with van der Waals surface area (Å²) in [7, 11) is 0. The molecule has 0 bridgehead atoms. The van der Waals surface area contributed by atoms with Gasteiger partial charge in [0.2, 0.25) is 0 Å². The fraction of sp³-hybridized carbons (Fsp3) is 0.562. The number of piperidine rings is 1. The first-order valence-corrected chi connectivity index (χ1v) is 7.23. The molecule has 1 unspecified atom stereocenters. The van der Waals surface area contributed by atoms with Crippen LogP contribution in [-0.2, 0) is 4.74 Å². The van der Waals surface area contributed by atoms with Crippen molar-refractivity contribution in [2.75, 3.05) is 13.1 Å². The number of nitrogens with zero attached hydrogens (tertiary/aromatic N) is 3. The molecular formula is C16H21N3O2. The fourth-order valence-electron chi connectivity index (χ4n) is 2.42. The molecule has 0 aliphatic carbocycles. The number of pyridine rings is 1. The van der Waals surface area contributed by atoms with Crippen LogP contribution in [0.15, 0.2) is 18.3 Å². The monoisotopic (exact) mass is 287 g/mol. The van der Waals surface area contributed by atoms with Gasteiger partial charge in [0.15, 0.2) is 0 Å². The molecule has 2 rings (SSSR count). The van der Waals surface area contributed by atoms with Gasteiger partial charge in [-0.05, 0) is 45.7 Å². The lowest BCUT2D eigenvalue weighted by molar-refractivity contribution is 0.0197. The number of ether oxygens (including phenoxy) is 1. The summed E-state index contributed by atoms with van der Waals surface area (Å²) in [5.41, 5.74) is 1.01. The van der Waals surface area contributed by atoms with Crippen molar-refractivity contribution in [1.82, 2.24) is 9.88 Å². The molecule has 1 aliphatic rings. The predicted molar refractivity (Wildman–Crippen MR) is 78.7 cm³/mol. The van der Waals surface area contributed by atoms with Crippen LogP contribution < -0.4 is 0 Å². The lowest BCUT2D eigenvalue weighted by Gasteiger charge is -2.33. The second-order valence-electron chi connectivity index (χ2n) is 6.35. The zero-order valence-electron chi connectivity index (χ0n) is 12.8. The van der Waals surface area contributed by atoms with Gasteiger partial charge in [0.25, 0.3) is 0 Å². The van der Waals surface area contributed by atoms with E-state index in [-0.39, 0.29) is 12.0 Å². The van der Waals surface area contributed by atoms with Crippen LogP contribution >= 0.6 is 0 Å². The van der Waals surface area contributed by atoms with Crippen LogP contribution in [0.5, 0.6) is 0 Å². The van der Waals surface area contributed by atoms with Crippen molar-refractivity contribution in [3.63, 3.8) is 0 Å². The Bertz CT molecular complexity index is 540. The zero-order chi connectivity index (χ0) is 15.5. The second kappa shape index (κ2) is 6.13. The van der Waals surface area contributed by atoms with Crippen molar-refractivity contribution in [2.45, 2.75) is 45.1 Å². The molecule has 1 aliphatic heterocycles. The second-order valence-corrected chi connectivity index (χ2v) is 6.35. The number of hydrogen-bond acceptors (Lipinski definition) is 4. The van der Waals surface area contributed by atoms with Crippen molar-refractivity contribution in [2.24, 2.45) is 0 Å². The minimum Gasteiger partial charge on any atom is -0.444 e. The Morgan fingerprint density at radius 1 is 1.48 bits per heavy atom. The Hall–Kier alpha value is -2.09. The van der Waals surface area contributed by atoms with E-state index in [1.54, 1.807) is 17.2 Å². The summed E-state index contributed by atoms with van der Waals surface area (Å²) in [6.45, 7) is 6.95. The van der Waals surface area contributed by atoms with Gasteiger partial charge in [-0.1, -0.05) is 0 Å². The van der Waals surface area contributed by atoms with E-state index < -0.39 is 5.60 Å². The SMILES string of the molecule is CC(C)(C)OC(=O)N1CCCC(c2ccc(C#N)cn2)C1.